The number of nitrogens with two attached hydrogens (primary N) is 1. The molecule has 5 heteroatoms. The number of amidine groups is 1. The lowest BCUT2D eigenvalue weighted by molar-refractivity contribution is 0.306. The Bertz CT molecular complexity index is 616. The Morgan fingerprint density at radius 1 is 1.26 bits per heavy atom. The second-order valence-electron chi connectivity index (χ2n) is 3.97. The van der Waals surface area contributed by atoms with Crippen LogP contribution in [-0.2, 0) is 6.61 Å². The van der Waals surface area contributed by atoms with Crippen LogP contribution in [0.15, 0.2) is 46.9 Å². The van der Waals surface area contributed by atoms with Crippen molar-refractivity contribution < 1.29 is 4.74 Å². The molecule has 0 radical (unpaired) electrons. The van der Waals surface area contributed by atoms with Gasteiger partial charge in [-0.15, -0.1) is 0 Å². The highest BCUT2D eigenvalue weighted by atomic mass is 79.9. The molecule has 0 spiro atoms. The van der Waals surface area contributed by atoms with Crippen molar-refractivity contribution >= 4 is 33.4 Å². The molecule has 0 unspecified atom stereocenters. The van der Waals surface area contributed by atoms with Crippen LogP contribution < -0.4 is 10.5 Å². The van der Waals surface area contributed by atoms with E-state index in [1.807, 2.05) is 24.3 Å². The van der Waals surface area contributed by atoms with Gasteiger partial charge in [0, 0.05) is 10.0 Å². The summed E-state index contributed by atoms with van der Waals surface area (Å²) in [6.45, 7) is 0.454. The number of hydrogen-bond acceptors (Lipinski definition) is 2. The number of nitrogens with one attached hydrogen (secondary N) is 1. The van der Waals surface area contributed by atoms with Crippen LogP contribution >= 0.6 is 27.5 Å². The first kappa shape index (κ1) is 13.9. The molecule has 0 aliphatic heterocycles. The molecule has 0 atom stereocenters. The van der Waals surface area contributed by atoms with Gasteiger partial charge in [0.2, 0.25) is 0 Å². The summed E-state index contributed by atoms with van der Waals surface area (Å²) in [6.07, 6.45) is 0. The third-order valence-corrected chi connectivity index (χ3v) is 3.33. The minimum absolute atomic E-state index is 0.0523. The van der Waals surface area contributed by atoms with Crippen LogP contribution in [0.5, 0.6) is 5.75 Å². The quantitative estimate of drug-likeness (QED) is 0.654. The average molecular weight is 340 g/mol. The van der Waals surface area contributed by atoms with Gasteiger partial charge in [-0.05, 0) is 35.9 Å². The summed E-state index contributed by atoms with van der Waals surface area (Å²) < 4.78 is 6.66. The molecule has 0 fully saturated rings. The topological polar surface area (TPSA) is 59.1 Å². The summed E-state index contributed by atoms with van der Waals surface area (Å²) in [6, 6.07) is 13.0. The number of benzene rings is 2. The highest BCUT2D eigenvalue weighted by molar-refractivity contribution is 9.10. The fraction of sp³-hybridized carbons (Fsp3) is 0.0714. The normalized spacial score (nSPS) is 10.2. The Morgan fingerprint density at radius 2 is 2.05 bits per heavy atom. The average Bonchev–Trinajstić information content (AvgIpc) is 2.36. The van der Waals surface area contributed by atoms with Crippen molar-refractivity contribution in [2.24, 2.45) is 5.73 Å². The summed E-state index contributed by atoms with van der Waals surface area (Å²) in [5.74, 6) is 0.596. The Hall–Kier alpha value is -1.52. The van der Waals surface area contributed by atoms with Crippen LogP contribution in [-0.4, -0.2) is 5.84 Å². The molecule has 0 bridgehead atoms. The number of nitrogen functional groups attached to an aromatic ring is 1. The van der Waals surface area contributed by atoms with Crippen LogP contribution in [0.2, 0.25) is 5.02 Å². The van der Waals surface area contributed by atoms with E-state index in [0.717, 1.165) is 10.0 Å². The van der Waals surface area contributed by atoms with Gasteiger partial charge in [-0.25, -0.2) is 0 Å². The molecule has 2 rings (SSSR count). The summed E-state index contributed by atoms with van der Waals surface area (Å²) >= 11 is 9.43. The van der Waals surface area contributed by atoms with Crippen LogP contribution in [0.3, 0.4) is 0 Å². The molecule has 2 aromatic carbocycles. The Kier molecular flexibility index (Phi) is 4.45. The minimum Gasteiger partial charge on any atom is -0.489 e. The lowest BCUT2D eigenvalue weighted by atomic mass is 10.2. The number of hydrogen-bond donors (Lipinski definition) is 2. The third kappa shape index (κ3) is 3.72. The zero-order valence-corrected chi connectivity index (χ0v) is 12.3. The molecule has 0 aromatic heterocycles. The SMILES string of the molecule is N=C(N)c1ccc(OCc2cccc(Br)c2)cc1Cl. The molecule has 0 aliphatic carbocycles. The van der Waals surface area contributed by atoms with Crippen LogP contribution in [0, 0.1) is 5.41 Å². The smallest absolute Gasteiger partial charge is 0.124 e. The van der Waals surface area contributed by atoms with Gasteiger partial charge >= 0.3 is 0 Å². The summed E-state index contributed by atoms with van der Waals surface area (Å²) in [5.41, 5.74) is 6.97. The minimum atomic E-state index is -0.0523. The van der Waals surface area contributed by atoms with Crippen LogP contribution in [0.1, 0.15) is 11.1 Å². The van der Waals surface area contributed by atoms with Crippen LogP contribution in [0.4, 0.5) is 0 Å². The summed E-state index contributed by atoms with van der Waals surface area (Å²) in [4.78, 5) is 0. The zero-order valence-electron chi connectivity index (χ0n) is 9.99. The van der Waals surface area contributed by atoms with Gasteiger partial charge in [-0.1, -0.05) is 39.7 Å². The van der Waals surface area contributed by atoms with Crippen molar-refractivity contribution in [3.8, 4) is 5.75 Å². The number of ether oxygens (including phenoxy) is 1. The second-order valence-corrected chi connectivity index (χ2v) is 5.30. The number of halogens is 2. The maximum Gasteiger partial charge on any atom is 0.124 e. The molecule has 3 nitrogen and oxygen atoms in total. The van der Waals surface area contributed by atoms with E-state index >= 15 is 0 Å². The van der Waals surface area contributed by atoms with Gasteiger partial charge in [-0.2, -0.15) is 0 Å². The Morgan fingerprint density at radius 3 is 2.68 bits per heavy atom. The van der Waals surface area contributed by atoms with E-state index in [4.69, 9.17) is 27.5 Å². The van der Waals surface area contributed by atoms with Gasteiger partial charge in [0.15, 0.2) is 0 Å². The first-order chi connectivity index (χ1) is 9.06. The molecule has 98 valence electrons. The lowest BCUT2D eigenvalue weighted by Gasteiger charge is -2.09. The maximum absolute atomic E-state index is 7.35. The van der Waals surface area contributed by atoms with E-state index in [9.17, 15) is 0 Å². The highest BCUT2D eigenvalue weighted by Gasteiger charge is 2.05. The summed E-state index contributed by atoms with van der Waals surface area (Å²) in [7, 11) is 0. The maximum atomic E-state index is 7.35. The van der Waals surface area contributed by atoms with E-state index in [2.05, 4.69) is 15.9 Å². The molecule has 0 saturated carbocycles. The monoisotopic (exact) mass is 338 g/mol. The molecule has 19 heavy (non-hydrogen) atoms. The van der Waals surface area contributed by atoms with Crippen molar-refractivity contribution in [3.05, 3.63) is 63.1 Å². The fourth-order valence-electron chi connectivity index (χ4n) is 1.60. The molecule has 2 aromatic rings. The number of rotatable bonds is 4. The molecule has 0 saturated heterocycles. The molecule has 0 aliphatic rings. The van der Waals surface area contributed by atoms with Crippen LogP contribution in [0.25, 0.3) is 0 Å². The van der Waals surface area contributed by atoms with E-state index in [0.29, 0.717) is 22.9 Å². The molecule has 0 amide bonds. The summed E-state index contributed by atoms with van der Waals surface area (Å²) in [5, 5.41) is 7.77. The van der Waals surface area contributed by atoms with E-state index < -0.39 is 0 Å². The van der Waals surface area contributed by atoms with Crippen molar-refractivity contribution in [1.82, 2.24) is 0 Å². The van der Waals surface area contributed by atoms with Crippen molar-refractivity contribution in [2.45, 2.75) is 6.61 Å². The molecular weight excluding hydrogens is 328 g/mol. The van der Waals surface area contributed by atoms with E-state index in [1.54, 1.807) is 18.2 Å². The first-order valence-electron chi connectivity index (χ1n) is 5.57. The van der Waals surface area contributed by atoms with Gasteiger partial charge in [0.25, 0.3) is 0 Å². The standard InChI is InChI=1S/C14H12BrClN2O/c15-10-3-1-2-9(6-10)8-19-11-4-5-12(14(17)18)13(16)7-11/h1-7H,8H2,(H3,17,18). The Labute approximate surface area is 125 Å². The third-order valence-electron chi connectivity index (χ3n) is 2.53. The fourth-order valence-corrected chi connectivity index (χ4v) is 2.32. The van der Waals surface area contributed by atoms with Gasteiger partial charge < -0.3 is 10.5 Å². The highest BCUT2D eigenvalue weighted by Crippen LogP contribution is 2.23. The van der Waals surface area contributed by atoms with Gasteiger partial charge in [0.1, 0.15) is 18.2 Å². The van der Waals surface area contributed by atoms with Crippen molar-refractivity contribution in [3.63, 3.8) is 0 Å². The van der Waals surface area contributed by atoms with Crippen molar-refractivity contribution in [1.29, 1.82) is 5.41 Å². The predicted octanol–water partition coefficient (Wildman–Crippen LogP) is 3.97. The van der Waals surface area contributed by atoms with E-state index in [1.165, 1.54) is 0 Å². The lowest BCUT2D eigenvalue weighted by Crippen LogP contribution is -2.11. The Balaban J connectivity index is 2.08. The van der Waals surface area contributed by atoms with Gasteiger partial charge in [-0.3, -0.25) is 5.41 Å². The van der Waals surface area contributed by atoms with Gasteiger partial charge in [0.05, 0.1) is 5.02 Å². The van der Waals surface area contributed by atoms with Crippen molar-refractivity contribution in [2.75, 3.05) is 0 Å². The molecule has 3 N–H and O–H groups in total. The zero-order chi connectivity index (χ0) is 13.8. The molecule has 0 heterocycles. The predicted molar refractivity (Wildman–Crippen MR) is 80.9 cm³/mol. The molecular formula is C14H12BrClN2O. The largest absolute Gasteiger partial charge is 0.489 e. The first-order valence-corrected chi connectivity index (χ1v) is 6.74. The second kappa shape index (κ2) is 6.08. The van der Waals surface area contributed by atoms with E-state index in [-0.39, 0.29) is 5.84 Å².